The van der Waals surface area contributed by atoms with Crippen LogP contribution in [0.25, 0.3) is 0 Å². The zero-order chi connectivity index (χ0) is 9.90. The van der Waals surface area contributed by atoms with E-state index in [0.29, 0.717) is 5.41 Å². The van der Waals surface area contributed by atoms with Crippen LogP contribution >= 0.6 is 0 Å². The molecule has 1 saturated heterocycles. The van der Waals surface area contributed by atoms with Crippen LogP contribution in [-0.4, -0.2) is 37.0 Å². The van der Waals surface area contributed by atoms with Crippen LogP contribution in [0, 0.1) is 5.41 Å². The SMILES string of the molecule is CC1(C)CCN(CCN=C(N)N)C1. The van der Waals surface area contributed by atoms with Gasteiger partial charge in [0.2, 0.25) is 0 Å². The van der Waals surface area contributed by atoms with E-state index in [-0.39, 0.29) is 5.96 Å². The van der Waals surface area contributed by atoms with Crippen molar-refractivity contribution < 1.29 is 0 Å². The molecule has 1 fully saturated rings. The third kappa shape index (κ3) is 3.63. The molecule has 0 aliphatic carbocycles. The topological polar surface area (TPSA) is 67.6 Å². The van der Waals surface area contributed by atoms with Crippen LogP contribution in [0.1, 0.15) is 20.3 Å². The molecular weight excluding hydrogens is 164 g/mol. The highest BCUT2D eigenvalue weighted by Crippen LogP contribution is 2.28. The number of hydrogen-bond acceptors (Lipinski definition) is 2. The van der Waals surface area contributed by atoms with E-state index >= 15 is 0 Å². The van der Waals surface area contributed by atoms with Gasteiger partial charge in [-0.05, 0) is 18.4 Å². The standard InChI is InChI=1S/C9H20N4/c1-9(2)3-5-13(7-9)6-4-12-8(10)11/h3-7H2,1-2H3,(H4,10,11,12). The molecule has 0 aromatic rings. The summed E-state index contributed by atoms with van der Waals surface area (Å²) < 4.78 is 0. The fourth-order valence-electron chi connectivity index (χ4n) is 1.74. The smallest absolute Gasteiger partial charge is 0.185 e. The second-order valence-corrected chi connectivity index (χ2v) is 4.50. The minimum atomic E-state index is 0.193. The second-order valence-electron chi connectivity index (χ2n) is 4.50. The van der Waals surface area contributed by atoms with Crippen molar-refractivity contribution in [2.45, 2.75) is 20.3 Å². The Labute approximate surface area is 80.0 Å². The van der Waals surface area contributed by atoms with E-state index in [1.54, 1.807) is 0 Å². The van der Waals surface area contributed by atoms with Gasteiger partial charge in [-0.1, -0.05) is 13.8 Å². The van der Waals surface area contributed by atoms with Gasteiger partial charge in [-0.25, -0.2) is 0 Å². The molecule has 0 spiro atoms. The van der Waals surface area contributed by atoms with Gasteiger partial charge in [-0.2, -0.15) is 0 Å². The van der Waals surface area contributed by atoms with E-state index in [1.165, 1.54) is 13.0 Å². The first-order chi connectivity index (χ1) is 5.99. The van der Waals surface area contributed by atoms with Crippen molar-refractivity contribution in [1.29, 1.82) is 0 Å². The highest BCUT2D eigenvalue weighted by molar-refractivity contribution is 5.75. The van der Waals surface area contributed by atoms with E-state index in [0.717, 1.165) is 19.6 Å². The van der Waals surface area contributed by atoms with Gasteiger partial charge < -0.3 is 16.4 Å². The second kappa shape index (κ2) is 3.96. The van der Waals surface area contributed by atoms with Crippen LogP contribution in [0.3, 0.4) is 0 Å². The molecule has 0 unspecified atom stereocenters. The van der Waals surface area contributed by atoms with Gasteiger partial charge in [0, 0.05) is 13.1 Å². The van der Waals surface area contributed by atoms with Crippen molar-refractivity contribution in [2.24, 2.45) is 21.9 Å². The molecule has 4 nitrogen and oxygen atoms in total. The summed E-state index contributed by atoms with van der Waals surface area (Å²) in [5.41, 5.74) is 10.9. The lowest BCUT2D eigenvalue weighted by Gasteiger charge is -2.18. The normalized spacial score (nSPS) is 21.7. The molecule has 0 atom stereocenters. The summed E-state index contributed by atoms with van der Waals surface area (Å²) in [6.07, 6.45) is 1.27. The van der Waals surface area contributed by atoms with Crippen LogP contribution in [0.2, 0.25) is 0 Å². The van der Waals surface area contributed by atoms with Gasteiger partial charge in [0.1, 0.15) is 0 Å². The van der Waals surface area contributed by atoms with E-state index in [1.807, 2.05) is 0 Å². The summed E-state index contributed by atoms with van der Waals surface area (Å²) in [7, 11) is 0. The Morgan fingerprint density at radius 2 is 2.15 bits per heavy atom. The van der Waals surface area contributed by atoms with E-state index in [2.05, 4.69) is 23.7 Å². The number of hydrogen-bond donors (Lipinski definition) is 2. The van der Waals surface area contributed by atoms with Crippen LogP contribution in [0.4, 0.5) is 0 Å². The van der Waals surface area contributed by atoms with E-state index in [4.69, 9.17) is 11.5 Å². The van der Waals surface area contributed by atoms with Gasteiger partial charge in [-0.3, -0.25) is 4.99 Å². The number of nitrogens with zero attached hydrogens (tertiary/aromatic N) is 2. The zero-order valence-electron chi connectivity index (χ0n) is 8.58. The molecule has 0 bridgehead atoms. The molecule has 0 aromatic carbocycles. The lowest BCUT2D eigenvalue weighted by Crippen LogP contribution is -2.28. The van der Waals surface area contributed by atoms with Gasteiger partial charge >= 0.3 is 0 Å². The van der Waals surface area contributed by atoms with Crippen molar-refractivity contribution in [1.82, 2.24) is 4.90 Å². The summed E-state index contributed by atoms with van der Waals surface area (Å²) in [6.45, 7) is 8.63. The average molecular weight is 184 g/mol. The predicted molar refractivity (Wildman–Crippen MR) is 55.5 cm³/mol. The minimum absolute atomic E-state index is 0.193. The largest absolute Gasteiger partial charge is 0.370 e. The fourth-order valence-corrected chi connectivity index (χ4v) is 1.74. The first kappa shape index (κ1) is 10.3. The molecule has 0 amide bonds. The van der Waals surface area contributed by atoms with Crippen LogP contribution < -0.4 is 11.5 Å². The molecular formula is C9H20N4. The Bertz CT molecular complexity index is 194. The number of guanidine groups is 1. The Morgan fingerprint density at radius 3 is 2.62 bits per heavy atom. The highest BCUT2D eigenvalue weighted by atomic mass is 15.2. The Hall–Kier alpha value is -0.770. The maximum atomic E-state index is 5.24. The summed E-state index contributed by atoms with van der Waals surface area (Å²) in [4.78, 5) is 6.38. The molecule has 13 heavy (non-hydrogen) atoms. The number of likely N-dealkylation sites (tertiary alicyclic amines) is 1. The molecule has 1 aliphatic heterocycles. The van der Waals surface area contributed by atoms with Gasteiger partial charge in [-0.15, -0.1) is 0 Å². The Morgan fingerprint density at radius 1 is 1.46 bits per heavy atom. The third-order valence-corrected chi connectivity index (χ3v) is 2.47. The molecule has 0 saturated carbocycles. The maximum Gasteiger partial charge on any atom is 0.185 e. The molecule has 1 heterocycles. The van der Waals surface area contributed by atoms with E-state index in [9.17, 15) is 0 Å². The van der Waals surface area contributed by atoms with Crippen molar-refractivity contribution in [2.75, 3.05) is 26.2 Å². The molecule has 0 aromatic heterocycles. The van der Waals surface area contributed by atoms with Crippen molar-refractivity contribution >= 4 is 5.96 Å². The lowest BCUT2D eigenvalue weighted by molar-refractivity contribution is 0.298. The van der Waals surface area contributed by atoms with Crippen molar-refractivity contribution in [3.63, 3.8) is 0 Å². The molecule has 1 aliphatic rings. The summed E-state index contributed by atoms with van der Waals surface area (Å²) >= 11 is 0. The monoisotopic (exact) mass is 184 g/mol. The van der Waals surface area contributed by atoms with Crippen LogP contribution in [0.15, 0.2) is 4.99 Å². The summed E-state index contributed by atoms with van der Waals surface area (Å²) in [6, 6.07) is 0. The Kier molecular flexibility index (Phi) is 3.14. The average Bonchev–Trinajstić information content (AvgIpc) is 2.29. The van der Waals surface area contributed by atoms with Crippen molar-refractivity contribution in [3.05, 3.63) is 0 Å². The van der Waals surface area contributed by atoms with E-state index < -0.39 is 0 Å². The number of nitrogens with two attached hydrogens (primary N) is 2. The van der Waals surface area contributed by atoms with Crippen LogP contribution in [-0.2, 0) is 0 Å². The highest BCUT2D eigenvalue weighted by Gasteiger charge is 2.28. The number of rotatable bonds is 3. The van der Waals surface area contributed by atoms with Gasteiger partial charge in [0.15, 0.2) is 5.96 Å². The number of aliphatic imine (C=N–C) groups is 1. The lowest BCUT2D eigenvalue weighted by atomic mass is 9.93. The Balaban J connectivity index is 2.22. The molecule has 76 valence electrons. The molecule has 0 radical (unpaired) electrons. The van der Waals surface area contributed by atoms with Gasteiger partial charge in [0.05, 0.1) is 6.54 Å². The first-order valence-corrected chi connectivity index (χ1v) is 4.77. The molecule has 4 heteroatoms. The van der Waals surface area contributed by atoms with Crippen LogP contribution in [0.5, 0.6) is 0 Å². The third-order valence-electron chi connectivity index (χ3n) is 2.47. The zero-order valence-corrected chi connectivity index (χ0v) is 8.58. The minimum Gasteiger partial charge on any atom is -0.370 e. The summed E-state index contributed by atoms with van der Waals surface area (Å²) in [5.74, 6) is 0.193. The molecule has 4 N–H and O–H groups in total. The quantitative estimate of drug-likeness (QED) is 0.479. The van der Waals surface area contributed by atoms with Crippen molar-refractivity contribution in [3.8, 4) is 0 Å². The summed E-state index contributed by atoms with van der Waals surface area (Å²) in [5, 5.41) is 0. The maximum absolute atomic E-state index is 5.24. The predicted octanol–water partition coefficient (Wildman–Crippen LogP) is -0.00830. The fraction of sp³-hybridized carbons (Fsp3) is 0.889. The van der Waals surface area contributed by atoms with Gasteiger partial charge in [0.25, 0.3) is 0 Å². The first-order valence-electron chi connectivity index (χ1n) is 4.77. The molecule has 1 rings (SSSR count).